The molecule has 1 aliphatic rings. The topological polar surface area (TPSA) is 74.6 Å². The normalized spacial score (nSPS) is 15.5. The van der Waals surface area contributed by atoms with E-state index in [4.69, 9.17) is 19.2 Å². The highest BCUT2D eigenvalue weighted by Crippen LogP contribution is 2.41. The summed E-state index contributed by atoms with van der Waals surface area (Å²) in [4.78, 5) is 17.5. The molecular weight excluding hydrogens is 382 g/mol. The zero-order valence-corrected chi connectivity index (χ0v) is 17.6. The minimum atomic E-state index is -0.421. The summed E-state index contributed by atoms with van der Waals surface area (Å²) >= 11 is 0. The third kappa shape index (κ3) is 3.26. The summed E-state index contributed by atoms with van der Waals surface area (Å²) in [7, 11) is 3.00. The summed E-state index contributed by atoms with van der Waals surface area (Å²) < 4.78 is 18.5. The van der Waals surface area contributed by atoms with E-state index < -0.39 is 12.0 Å². The van der Waals surface area contributed by atoms with Crippen molar-refractivity contribution >= 4 is 23.0 Å². The van der Waals surface area contributed by atoms with Crippen molar-refractivity contribution in [2.45, 2.75) is 26.3 Å². The number of ether oxygens (including phenoxy) is 3. The monoisotopic (exact) mass is 407 g/mol. The van der Waals surface area contributed by atoms with E-state index in [1.165, 1.54) is 7.11 Å². The van der Waals surface area contributed by atoms with Crippen LogP contribution in [0.3, 0.4) is 0 Å². The summed E-state index contributed by atoms with van der Waals surface area (Å²) in [6, 6.07) is 13.2. The fraction of sp³-hybridized carbons (Fsp3) is 0.304. The van der Waals surface area contributed by atoms with Gasteiger partial charge in [-0.25, -0.2) is 9.78 Å². The van der Waals surface area contributed by atoms with Gasteiger partial charge < -0.3 is 19.5 Å². The number of hydrogen-bond acceptors (Lipinski definition) is 6. The van der Waals surface area contributed by atoms with Gasteiger partial charge in [0.1, 0.15) is 0 Å². The highest BCUT2D eigenvalue weighted by atomic mass is 16.5. The first-order valence-electron chi connectivity index (χ1n) is 9.92. The zero-order chi connectivity index (χ0) is 21.3. The number of para-hydroxylation sites is 2. The average molecular weight is 407 g/mol. The van der Waals surface area contributed by atoms with E-state index >= 15 is 0 Å². The largest absolute Gasteiger partial charge is 0.493 e. The number of nitrogens with one attached hydrogen (secondary N) is 1. The SMILES string of the molecule is CCCOc1ccc([C@@H]2C(C(=O)OC)=C(C)Nc3nc4ccccc4n32)cc1OC. The van der Waals surface area contributed by atoms with Gasteiger partial charge >= 0.3 is 5.97 Å². The minimum Gasteiger partial charge on any atom is -0.493 e. The fourth-order valence-corrected chi connectivity index (χ4v) is 3.84. The summed E-state index contributed by atoms with van der Waals surface area (Å²) in [6.45, 7) is 4.52. The van der Waals surface area contributed by atoms with Crippen LogP contribution in [0.25, 0.3) is 11.0 Å². The van der Waals surface area contributed by atoms with Crippen LogP contribution in [0.15, 0.2) is 53.7 Å². The number of esters is 1. The first-order valence-corrected chi connectivity index (χ1v) is 9.92. The predicted molar refractivity (Wildman–Crippen MR) is 115 cm³/mol. The summed E-state index contributed by atoms with van der Waals surface area (Å²) in [5.74, 6) is 1.58. The molecule has 3 aromatic rings. The molecule has 0 saturated carbocycles. The van der Waals surface area contributed by atoms with Gasteiger partial charge in [0.15, 0.2) is 11.5 Å². The summed E-state index contributed by atoms with van der Waals surface area (Å²) in [5, 5.41) is 3.26. The maximum atomic E-state index is 12.8. The number of rotatable bonds is 6. The van der Waals surface area contributed by atoms with E-state index in [9.17, 15) is 4.79 Å². The van der Waals surface area contributed by atoms with Crippen LogP contribution in [0, 0.1) is 0 Å². The van der Waals surface area contributed by atoms with E-state index in [2.05, 4.69) is 12.2 Å². The first-order chi connectivity index (χ1) is 14.6. The van der Waals surface area contributed by atoms with Crippen LogP contribution in [0.2, 0.25) is 0 Å². The van der Waals surface area contributed by atoms with Gasteiger partial charge in [0.25, 0.3) is 0 Å². The highest BCUT2D eigenvalue weighted by molar-refractivity contribution is 5.94. The second-order valence-electron chi connectivity index (χ2n) is 7.11. The smallest absolute Gasteiger partial charge is 0.337 e. The van der Waals surface area contributed by atoms with E-state index in [1.807, 2.05) is 54.0 Å². The molecule has 0 amide bonds. The molecule has 0 saturated heterocycles. The molecule has 1 aromatic heterocycles. The number of hydrogen-bond donors (Lipinski definition) is 1. The summed E-state index contributed by atoms with van der Waals surface area (Å²) in [6.07, 6.45) is 0.901. The Morgan fingerprint density at radius 3 is 2.70 bits per heavy atom. The Morgan fingerprint density at radius 1 is 1.17 bits per heavy atom. The standard InChI is InChI=1S/C23H25N3O4/c1-5-12-30-18-11-10-15(13-19(18)28-3)21-20(22(27)29-4)14(2)24-23-25-16-8-6-7-9-17(16)26(21)23/h6-11,13,21H,5,12H2,1-4H3,(H,24,25)/t21-/m1/s1. The molecule has 0 unspecified atom stereocenters. The van der Waals surface area contributed by atoms with Crippen molar-refractivity contribution in [1.82, 2.24) is 9.55 Å². The lowest BCUT2D eigenvalue weighted by Gasteiger charge is -2.30. The van der Waals surface area contributed by atoms with E-state index in [0.29, 0.717) is 35.3 Å². The molecule has 1 atom stereocenters. The van der Waals surface area contributed by atoms with Crippen LogP contribution in [0.5, 0.6) is 11.5 Å². The van der Waals surface area contributed by atoms with E-state index in [-0.39, 0.29) is 0 Å². The van der Waals surface area contributed by atoms with Gasteiger partial charge in [0.05, 0.1) is 43.5 Å². The quantitative estimate of drug-likeness (QED) is 0.614. The number of nitrogens with zero attached hydrogens (tertiary/aromatic N) is 2. The van der Waals surface area contributed by atoms with Crippen molar-refractivity contribution in [2.24, 2.45) is 0 Å². The molecule has 2 heterocycles. The molecule has 0 bridgehead atoms. The van der Waals surface area contributed by atoms with Gasteiger partial charge in [-0.05, 0) is 43.2 Å². The fourth-order valence-electron chi connectivity index (χ4n) is 3.84. The third-order valence-corrected chi connectivity index (χ3v) is 5.20. The molecule has 156 valence electrons. The van der Waals surface area contributed by atoms with Gasteiger partial charge in [-0.3, -0.25) is 4.57 Å². The molecular formula is C23H25N3O4. The van der Waals surface area contributed by atoms with Crippen molar-refractivity contribution in [3.8, 4) is 11.5 Å². The second-order valence-corrected chi connectivity index (χ2v) is 7.11. The van der Waals surface area contributed by atoms with Crippen molar-refractivity contribution in [3.05, 3.63) is 59.3 Å². The number of carbonyl (C=O) groups is 1. The maximum Gasteiger partial charge on any atom is 0.337 e. The number of benzene rings is 2. The van der Waals surface area contributed by atoms with Gasteiger partial charge in [-0.2, -0.15) is 0 Å². The van der Waals surface area contributed by atoms with E-state index in [0.717, 1.165) is 23.0 Å². The molecule has 0 aliphatic carbocycles. The van der Waals surface area contributed by atoms with Gasteiger partial charge in [-0.15, -0.1) is 0 Å². The Kier molecular flexibility index (Phi) is 5.35. The van der Waals surface area contributed by atoms with Crippen LogP contribution >= 0.6 is 0 Å². The Balaban J connectivity index is 1.92. The van der Waals surface area contributed by atoms with Crippen molar-refractivity contribution < 1.29 is 19.0 Å². The minimum absolute atomic E-state index is 0.390. The van der Waals surface area contributed by atoms with Crippen LogP contribution < -0.4 is 14.8 Å². The van der Waals surface area contributed by atoms with Crippen LogP contribution in [-0.2, 0) is 9.53 Å². The molecule has 1 N–H and O–H groups in total. The molecule has 2 aromatic carbocycles. The molecule has 0 fully saturated rings. The number of imidazole rings is 1. The average Bonchev–Trinajstić information content (AvgIpc) is 3.13. The van der Waals surface area contributed by atoms with Gasteiger partial charge in [0.2, 0.25) is 5.95 Å². The highest BCUT2D eigenvalue weighted by Gasteiger charge is 2.35. The first kappa shape index (κ1) is 19.8. The lowest BCUT2D eigenvalue weighted by Crippen LogP contribution is -2.28. The van der Waals surface area contributed by atoms with Crippen molar-refractivity contribution in [1.29, 1.82) is 0 Å². The lowest BCUT2D eigenvalue weighted by atomic mass is 9.94. The molecule has 7 nitrogen and oxygen atoms in total. The van der Waals surface area contributed by atoms with Gasteiger partial charge in [-0.1, -0.05) is 25.1 Å². The van der Waals surface area contributed by atoms with E-state index in [1.54, 1.807) is 7.11 Å². The molecule has 1 aliphatic heterocycles. The molecule has 0 spiro atoms. The van der Waals surface area contributed by atoms with Crippen LogP contribution in [0.1, 0.15) is 31.9 Å². The number of carbonyl (C=O) groups excluding carboxylic acids is 1. The van der Waals surface area contributed by atoms with Crippen molar-refractivity contribution in [3.63, 3.8) is 0 Å². The summed E-state index contributed by atoms with van der Waals surface area (Å²) in [5.41, 5.74) is 3.88. The molecule has 0 radical (unpaired) electrons. The number of allylic oxidation sites excluding steroid dienone is 1. The number of fused-ring (bicyclic) bond motifs is 3. The Morgan fingerprint density at radius 2 is 1.97 bits per heavy atom. The number of anilines is 1. The molecule has 30 heavy (non-hydrogen) atoms. The molecule has 4 rings (SSSR count). The van der Waals surface area contributed by atoms with Crippen LogP contribution in [0.4, 0.5) is 5.95 Å². The van der Waals surface area contributed by atoms with Crippen molar-refractivity contribution in [2.75, 3.05) is 26.1 Å². The zero-order valence-electron chi connectivity index (χ0n) is 17.6. The maximum absolute atomic E-state index is 12.8. The Labute approximate surface area is 175 Å². The number of aromatic nitrogens is 2. The molecule has 7 heteroatoms. The van der Waals surface area contributed by atoms with Gasteiger partial charge in [0, 0.05) is 5.70 Å². The lowest BCUT2D eigenvalue weighted by molar-refractivity contribution is -0.136. The third-order valence-electron chi connectivity index (χ3n) is 5.20. The Bertz CT molecular complexity index is 1130. The number of methoxy groups -OCH3 is 2. The predicted octanol–water partition coefficient (Wildman–Crippen LogP) is 4.30. The van der Waals surface area contributed by atoms with Crippen LogP contribution in [-0.4, -0.2) is 36.3 Å². The second kappa shape index (κ2) is 8.10. The Hall–Kier alpha value is -3.48.